The zero-order chi connectivity index (χ0) is 14.0. The molecule has 102 valence electrons. The van der Waals surface area contributed by atoms with E-state index in [4.69, 9.17) is 0 Å². The lowest BCUT2D eigenvalue weighted by atomic mass is 10.1. The van der Waals surface area contributed by atoms with Gasteiger partial charge in [-0.3, -0.25) is 14.9 Å². The molecule has 0 saturated carbocycles. The largest absolute Gasteiger partial charge is 0.335 e. The standard InChI is InChI=1S/C12H15BrN4O2/c1-3-7-12(19)16-11(18)6-17(7)10-5-8(13)14-9(4-2)15-10/h5,7H,3-4,6H2,1-2H3,(H,16,18,19). The Hall–Kier alpha value is -1.50. The molecule has 0 aliphatic carbocycles. The summed E-state index contributed by atoms with van der Waals surface area (Å²) in [5.41, 5.74) is 0. The van der Waals surface area contributed by atoms with Gasteiger partial charge in [0.25, 0.3) is 0 Å². The molecule has 7 heteroatoms. The monoisotopic (exact) mass is 326 g/mol. The molecule has 1 aliphatic rings. The second kappa shape index (κ2) is 5.64. The Kier molecular flexibility index (Phi) is 4.14. The van der Waals surface area contributed by atoms with Crippen molar-refractivity contribution in [1.82, 2.24) is 15.3 Å². The summed E-state index contributed by atoms with van der Waals surface area (Å²) in [5, 5.41) is 2.35. The minimum Gasteiger partial charge on any atom is -0.335 e. The molecule has 1 N–H and O–H groups in total. The summed E-state index contributed by atoms with van der Waals surface area (Å²) in [6, 6.07) is 1.36. The maximum absolute atomic E-state index is 11.8. The van der Waals surface area contributed by atoms with Crippen LogP contribution >= 0.6 is 15.9 Å². The van der Waals surface area contributed by atoms with E-state index in [1.807, 2.05) is 13.8 Å². The summed E-state index contributed by atoms with van der Waals surface area (Å²) in [5.74, 6) is 0.709. The Morgan fingerprint density at radius 3 is 2.79 bits per heavy atom. The summed E-state index contributed by atoms with van der Waals surface area (Å²) in [6.07, 6.45) is 1.30. The van der Waals surface area contributed by atoms with Crippen LogP contribution < -0.4 is 10.2 Å². The molecule has 0 spiro atoms. The van der Waals surface area contributed by atoms with Gasteiger partial charge in [-0.25, -0.2) is 9.97 Å². The van der Waals surface area contributed by atoms with Crippen molar-refractivity contribution in [1.29, 1.82) is 0 Å². The van der Waals surface area contributed by atoms with Crippen molar-refractivity contribution in [2.24, 2.45) is 0 Å². The second-order valence-electron chi connectivity index (χ2n) is 4.28. The number of carbonyl (C=O) groups is 2. The maximum atomic E-state index is 11.8. The van der Waals surface area contributed by atoms with Crippen molar-refractivity contribution in [3.63, 3.8) is 0 Å². The van der Waals surface area contributed by atoms with E-state index in [1.165, 1.54) is 0 Å². The highest BCUT2D eigenvalue weighted by atomic mass is 79.9. The summed E-state index contributed by atoms with van der Waals surface area (Å²) in [6.45, 7) is 4.00. The van der Waals surface area contributed by atoms with Crippen molar-refractivity contribution in [3.05, 3.63) is 16.5 Å². The topological polar surface area (TPSA) is 75.2 Å². The van der Waals surface area contributed by atoms with Crippen LogP contribution in [0.25, 0.3) is 0 Å². The number of nitrogens with zero attached hydrogens (tertiary/aromatic N) is 3. The Morgan fingerprint density at radius 1 is 1.42 bits per heavy atom. The number of halogens is 1. The Balaban J connectivity index is 2.39. The van der Waals surface area contributed by atoms with E-state index in [0.717, 1.165) is 0 Å². The number of hydrogen-bond acceptors (Lipinski definition) is 5. The van der Waals surface area contributed by atoms with Crippen LogP contribution in [0.5, 0.6) is 0 Å². The van der Waals surface area contributed by atoms with Gasteiger partial charge in [0, 0.05) is 12.5 Å². The number of nitrogens with one attached hydrogen (secondary N) is 1. The molecule has 6 nitrogen and oxygen atoms in total. The number of amides is 2. The van der Waals surface area contributed by atoms with E-state index in [2.05, 4.69) is 31.2 Å². The van der Waals surface area contributed by atoms with Crippen LogP contribution in [0.15, 0.2) is 10.7 Å². The fraction of sp³-hybridized carbons (Fsp3) is 0.500. The molecule has 0 aromatic carbocycles. The van der Waals surface area contributed by atoms with E-state index >= 15 is 0 Å². The van der Waals surface area contributed by atoms with Gasteiger partial charge in [0.15, 0.2) is 0 Å². The number of aromatic nitrogens is 2. The van der Waals surface area contributed by atoms with Gasteiger partial charge in [0.1, 0.15) is 22.3 Å². The Morgan fingerprint density at radius 2 is 2.16 bits per heavy atom. The molecule has 1 unspecified atom stereocenters. The van der Waals surface area contributed by atoms with Crippen LogP contribution in [0.1, 0.15) is 26.1 Å². The molecule has 1 atom stereocenters. The van der Waals surface area contributed by atoms with Crippen molar-refractivity contribution in [2.45, 2.75) is 32.7 Å². The first kappa shape index (κ1) is 13.9. The molecular formula is C12H15BrN4O2. The molecule has 1 fully saturated rings. The van der Waals surface area contributed by atoms with Gasteiger partial charge in [-0.05, 0) is 22.4 Å². The average molecular weight is 327 g/mol. The smallest absolute Gasteiger partial charge is 0.249 e. The zero-order valence-electron chi connectivity index (χ0n) is 10.8. The van der Waals surface area contributed by atoms with Crippen LogP contribution in [0.2, 0.25) is 0 Å². The van der Waals surface area contributed by atoms with Gasteiger partial charge in [-0.15, -0.1) is 0 Å². The number of aryl methyl sites for hydroxylation is 1. The number of hydrogen-bond donors (Lipinski definition) is 1. The van der Waals surface area contributed by atoms with Crippen molar-refractivity contribution >= 4 is 33.6 Å². The number of carbonyl (C=O) groups excluding carboxylic acids is 2. The minimum atomic E-state index is -0.371. The number of rotatable bonds is 3. The molecule has 2 amide bonds. The van der Waals surface area contributed by atoms with E-state index in [-0.39, 0.29) is 24.4 Å². The zero-order valence-corrected chi connectivity index (χ0v) is 12.4. The summed E-state index contributed by atoms with van der Waals surface area (Å²) >= 11 is 3.33. The van der Waals surface area contributed by atoms with Gasteiger partial charge >= 0.3 is 0 Å². The number of anilines is 1. The van der Waals surface area contributed by atoms with Gasteiger partial charge in [0.2, 0.25) is 11.8 Å². The molecule has 0 bridgehead atoms. The molecule has 2 rings (SSSR count). The predicted octanol–water partition coefficient (Wildman–Crippen LogP) is 1.04. The van der Waals surface area contributed by atoms with E-state index in [1.54, 1.807) is 11.0 Å². The third-order valence-electron chi connectivity index (χ3n) is 2.98. The number of imide groups is 1. The SMILES string of the molecule is CCc1nc(Br)cc(N2CC(=O)NC(=O)C2CC)n1. The summed E-state index contributed by atoms with van der Waals surface area (Å²) < 4.78 is 0.655. The highest BCUT2D eigenvalue weighted by molar-refractivity contribution is 9.10. The summed E-state index contributed by atoms with van der Waals surface area (Å²) in [7, 11) is 0. The lowest BCUT2D eigenvalue weighted by molar-refractivity contribution is -0.132. The van der Waals surface area contributed by atoms with Gasteiger partial charge < -0.3 is 4.90 Å². The Labute approximate surface area is 119 Å². The molecule has 19 heavy (non-hydrogen) atoms. The van der Waals surface area contributed by atoms with Crippen LogP contribution in [-0.4, -0.2) is 34.4 Å². The normalized spacial score (nSPS) is 19.5. The van der Waals surface area contributed by atoms with Crippen LogP contribution in [0, 0.1) is 0 Å². The summed E-state index contributed by atoms with van der Waals surface area (Å²) in [4.78, 5) is 33.7. The first-order chi connectivity index (χ1) is 9.05. The maximum Gasteiger partial charge on any atom is 0.249 e. The van der Waals surface area contributed by atoms with Crippen molar-refractivity contribution in [2.75, 3.05) is 11.4 Å². The van der Waals surface area contributed by atoms with Crippen molar-refractivity contribution in [3.8, 4) is 0 Å². The highest BCUT2D eigenvalue weighted by Crippen LogP contribution is 2.21. The minimum absolute atomic E-state index is 0.136. The van der Waals surface area contributed by atoms with Crippen LogP contribution in [0.4, 0.5) is 5.82 Å². The number of piperazine rings is 1. The molecule has 2 heterocycles. The van der Waals surface area contributed by atoms with Crippen LogP contribution in [0.3, 0.4) is 0 Å². The lowest BCUT2D eigenvalue weighted by Gasteiger charge is -2.34. The highest BCUT2D eigenvalue weighted by Gasteiger charge is 2.33. The third kappa shape index (κ3) is 2.91. The van der Waals surface area contributed by atoms with Crippen molar-refractivity contribution < 1.29 is 9.59 Å². The van der Waals surface area contributed by atoms with E-state index in [0.29, 0.717) is 29.1 Å². The molecule has 1 saturated heterocycles. The van der Waals surface area contributed by atoms with Gasteiger partial charge in [-0.1, -0.05) is 13.8 Å². The molecule has 0 radical (unpaired) electrons. The molecule has 1 aromatic rings. The quantitative estimate of drug-likeness (QED) is 0.663. The van der Waals surface area contributed by atoms with E-state index in [9.17, 15) is 9.59 Å². The fourth-order valence-corrected chi connectivity index (χ4v) is 2.48. The van der Waals surface area contributed by atoms with E-state index < -0.39 is 0 Å². The fourth-order valence-electron chi connectivity index (χ4n) is 2.07. The first-order valence-corrected chi connectivity index (χ1v) is 6.98. The average Bonchev–Trinajstić information content (AvgIpc) is 2.37. The first-order valence-electron chi connectivity index (χ1n) is 6.19. The lowest BCUT2D eigenvalue weighted by Crippen LogP contribution is -2.58. The van der Waals surface area contributed by atoms with Crippen LogP contribution in [-0.2, 0) is 16.0 Å². The van der Waals surface area contributed by atoms with Gasteiger partial charge in [0.05, 0.1) is 6.54 Å². The predicted molar refractivity (Wildman–Crippen MR) is 73.7 cm³/mol. The second-order valence-corrected chi connectivity index (χ2v) is 5.10. The molecule has 1 aromatic heterocycles. The van der Waals surface area contributed by atoms with Gasteiger partial charge in [-0.2, -0.15) is 0 Å². The molecular weight excluding hydrogens is 312 g/mol. The molecule has 1 aliphatic heterocycles. The third-order valence-corrected chi connectivity index (χ3v) is 3.39. The Bertz CT molecular complexity index is 520.